The van der Waals surface area contributed by atoms with E-state index in [1.807, 2.05) is 24.3 Å². The van der Waals surface area contributed by atoms with Gasteiger partial charge in [-0.25, -0.2) is 4.98 Å². The summed E-state index contributed by atoms with van der Waals surface area (Å²) in [6, 6.07) is 7.86. The van der Waals surface area contributed by atoms with Crippen molar-refractivity contribution in [2.75, 3.05) is 6.61 Å². The van der Waals surface area contributed by atoms with Crippen LogP contribution in [0.1, 0.15) is 66.3 Å². The molecule has 1 saturated carbocycles. The summed E-state index contributed by atoms with van der Waals surface area (Å²) in [5.74, 6) is 1.03. The minimum absolute atomic E-state index is 0.283. The summed E-state index contributed by atoms with van der Waals surface area (Å²) >= 11 is 0. The highest BCUT2D eigenvalue weighted by molar-refractivity contribution is 5.99. The molecule has 128 valence electrons. The van der Waals surface area contributed by atoms with E-state index in [2.05, 4.69) is 23.8 Å². The van der Waals surface area contributed by atoms with Crippen molar-refractivity contribution in [3.63, 3.8) is 0 Å². The van der Waals surface area contributed by atoms with Crippen LogP contribution in [0.4, 0.5) is 0 Å². The summed E-state index contributed by atoms with van der Waals surface area (Å²) in [5, 5.41) is 0. The van der Waals surface area contributed by atoms with Crippen LogP contribution in [0.5, 0.6) is 0 Å². The molecule has 0 unspecified atom stereocenters. The number of ether oxygens (including phenoxy) is 1. The largest absolute Gasteiger partial charge is 0.377 e. The third-order valence-corrected chi connectivity index (χ3v) is 4.47. The maximum absolute atomic E-state index is 12.0. The topological polar surface area (TPSA) is 55.0 Å². The predicted octanol–water partition coefficient (Wildman–Crippen LogP) is 4.28. The number of nitrogens with zero attached hydrogens (tertiary/aromatic N) is 1. The number of Topliss-reactive ketones (excluding diaryl/α,β-unsaturated/α-hetero) is 1. The minimum Gasteiger partial charge on any atom is -0.377 e. The molecule has 24 heavy (non-hydrogen) atoms. The second-order valence-electron chi connectivity index (χ2n) is 6.91. The molecule has 2 aromatic rings. The van der Waals surface area contributed by atoms with Crippen molar-refractivity contribution in [3.05, 3.63) is 53.1 Å². The molecule has 0 bridgehead atoms. The Morgan fingerprint density at radius 3 is 2.71 bits per heavy atom. The van der Waals surface area contributed by atoms with E-state index in [0.717, 1.165) is 49.1 Å². The number of rotatable bonds is 9. The second kappa shape index (κ2) is 7.75. The number of hydrogen-bond donors (Lipinski definition) is 1. The van der Waals surface area contributed by atoms with Crippen molar-refractivity contribution in [2.24, 2.45) is 5.92 Å². The fourth-order valence-corrected chi connectivity index (χ4v) is 2.92. The fraction of sp³-hybridized carbons (Fsp3) is 0.500. The minimum atomic E-state index is 0.283. The van der Waals surface area contributed by atoms with Crippen LogP contribution in [-0.4, -0.2) is 22.4 Å². The lowest BCUT2D eigenvalue weighted by molar-refractivity contribution is 0.0967. The number of carbonyl (C=O) groups excluding carboxylic acids is 1. The number of aromatic amines is 1. The molecule has 0 radical (unpaired) electrons. The van der Waals surface area contributed by atoms with E-state index in [4.69, 9.17) is 4.74 Å². The summed E-state index contributed by atoms with van der Waals surface area (Å²) in [6.45, 7) is 5.64. The first-order valence-electron chi connectivity index (χ1n) is 8.88. The molecule has 0 atom stereocenters. The lowest BCUT2D eigenvalue weighted by Gasteiger charge is -2.07. The van der Waals surface area contributed by atoms with E-state index in [1.54, 1.807) is 6.33 Å². The van der Waals surface area contributed by atoms with E-state index in [9.17, 15) is 4.79 Å². The molecule has 0 saturated heterocycles. The summed E-state index contributed by atoms with van der Waals surface area (Å²) in [5.41, 5.74) is 4.33. The number of aryl methyl sites for hydroxylation is 1. The van der Waals surface area contributed by atoms with Gasteiger partial charge in [-0.05, 0) is 37.2 Å². The van der Waals surface area contributed by atoms with Gasteiger partial charge in [-0.3, -0.25) is 4.79 Å². The first kappa shape index (κ1) is 16.9. The van der Waals surface area contributed by atoms with Crippen molar-refractivity contribution in [3.8, 4) is 0 Å². The van der Waals surface area contributed by atoms with Crippen LogP contribution < -0.4 is 0 Å². The van der Waals surface area contributed by atoms with Gasteiger partial charge in [0.15, 0.2) is 5.78 Å². The Morgan fingerprint density at radius 1 is 1.29 bits per heavy atom. The number of hydrogen-bond acceptors (Lipinski definition) is 3. The smallest absolute Gasteiger partial charge is 0.165 e. The number of H-pyrrole nitrogens is 1. The van der Waals surface area contributed by atoms with E-state index in [-0.39, 0.29) is 5.92 Å². The molecular weight excluding hydrogens is 300 g/mol. The molecule has 1 aromatic heterocycles. The third kappa shape index (κ3) is 4.32. The van der Waals surface area contributed by atoms with Crippen molar-refractivity contribution < 1.29 is 9.53 Å². The van der Waals surface area contributed by atoms with Gasteiger partial charge in [-0.1, -0.05) is 38.1 Å². The van der Waals surface area contributed by atoms with Crippen LogP contribution in [0.2, 0.25) is 0 Å². The van der Waals surface area contributed by atoms with E-state index >= 15 is 0 Å². The zero-order valence-corrected chi connectivity index (χ0v) is 14.5. The Morgan fingerprint density at radius 2 is 2.04 bits per heavy atom. The van der Waals surface area contributed by atoms with E-state index in [1.165, 1.54) is 5.69 Å². The molecule has 4 nitrogen and oxygen atoms in total. The van der Waals surface area contributed by atoms with Gasteiger partial charge in [-0.15, -0.1) is 0 Å². The molecule has 3 rings (SSSR count). The Bertz CT molecular complexity index is 669. The average Bonchev–Trinajstić information content (AvgIpc) is 3.32. The first-order chi connectivity index (χ1) is 11.6. The van der Waals surface area contributed by atoms with Crippen LogP contribution in [0.25, 0.3) is 0 Å². The van der Waals surface area contributed by atoms with Crippen LogP contribution in [-0.2, 0) is 17.8 Å². The first-order valence-corrected chi connectivity index (χ1v) is 8.88. The van der Waals surface area contributed by atoms with Gasteiger partial charge in [0.2, 0.25) is 0 Å². The van der Waals surface area contributed by atoms with Crippen LogP contribution in [0, 0.1) is 5.92 Å². The maximum atomic E-state index is 12.0. The molecule has 1 N–H and O–H groups in total. The highest BCUT2D eigenvalue weighted by atomic mass is 16.5. The monoisotopic (exact) mass is 326 g/mol. The highest BCUT2D eigenvalue weighted by Gasteiger charge is 2.30. The summed E-state index contributed by atoms with van der Waals surface area (Å²) in [7, 11) is 0. The van der Waals surface area contributed by atoms with Gasteiger partial charge in [0.25, 0.3) is 0 Å². The number of aromatic nitrogens is 2. The molecule has 1 aliphatic carbocycles. The van der Waals surface area contributed by atoms with E-state index in [0.29, 0.717) is 18.3 Å². The standard InChI is InChI=1S/C20H26N2O2/c1-14(2)19-18(21-13-22-19)4-3-11-24-12-15-5-7-16(8-6-15)20(23)17-9-10-17/h5-8,13-14,17H,3-4,9-12H2,1-2H3,(H,21,22). The SMILES string of the molecule is CC(C)c1nc[nH]c1CCCOCc1ccc(C(=O)C2CC2)cc1. The molecule has 0 spiro atoms. The highest BCUT2D eigenvalue weighted by Crippen LogP contribution is 2.32. The van der Waals surface area contributed by atoms with Crippen molar-refractivity contribution >= 4 is 5.78 Å². The molecular formula is C20H26N2O2. The quantitative estimate of drug-likeness (QED) is 0.553. The van der Waals surface area contributed by atoms with Gasteiger partial charge < -0.3 is 9.72 Å². The van der Waals surface area contributed by atoms with Crippen molar-refractivity contribution in [1.82, 2.24) is 9.97 Å². The normalized spacial score (nSPS) is 14.3. The lowest BCUT2D eigenvalue weighted by atomic mass is 10.1. The second-order valence-corrected chi connectivity index (χ2v) is 6.91. The Hall–Kier alpha value is -1.94. The Labute approximate surface area is 143 Å². The van der Waals surface area contributed by atoms with Gasteiger partial charge in [-0.2, -0.15) is 0 Å². The number of benzene rings is 1. The zero-order valence-electron chi connectivity index (χ0n) is 14.5. The summed E-state index contributed by atoms with van der Waals surface area (Å²) in [4.78, 5) is 19.6. The van der Waals surface area contributed by atoms with Crippen LogP contribution in [0.3, 0.4) is 0 Å². The Kier molecular flexibility index (Phi) is 5.46. The molecule has 0 aliphatic heterocycles. The van der Waals surface area contributed by atoms with Crippen molar-refractivity contribution in [1.29, 1.82) is 0 Å². The predicted molar refractivity (Wildman–Crippen MR) is 94.2 cm³/mol. The van der Waals surface area contributed by atoms with Gasteiger partial charge in [0.1, 0.15) is 0 Å². The molecule has 1 fully saturated rings. The zero-order chi connectivity index (χ0) is 16.9. The van der Waals surface area contributed by atoms with E-state index < -0.39 is 0 Å². The third-order valence-electron chi connectivity index (χ3n) is 4.47. The lowest BCUT2D eigenvalue weighted by Crippen LogP contribution is -2.02. The molecule has 1 heterocycles. The fourth-order valence-electron chi connectivity index (χ4n) is 2.92. The van der Waals surface area contributed by atoms with Crippen LogP contribution in [0.15, 0.2) is 30.6 Å². The average molecular weight is 326 g/mol. The number of ketones is 1. The number of nitrogens with one attached hydrogen (secondary N) is 1. The summed E-state index contributed by atoms with van der Waals surface area (Å²) in [6.07, 6.45) is 5.82. The molecule has 4 heteroatoms. The Balaban J connectivity index is 1.38. The molecule has 0 amide bonds. The van der Waals surface area contributed by atoms with Gasteiger partial charge >= 0.3 is 0 Å². The molecule has 1 aromatic carbocycles. The van der Waals surface area contributed by atoms with Gasteiger partial charge in [0, 0.05) is 23.8 Å². The van der Waals surface area contributed by atoms with Gasteiger partial charge in [0.05, 0.1) is 18.6 Å². The maximum Gasteiger partial charge on any atom is 0.165 e. The number of carbonyl (C=O) groups is 1. The van der Waals surface area contributed by atoms with Crippen molar-refractivity contribution in [2.45, 2.75) is 52.1 Å². The number of imidazole rings is 1. The molecule has 1 aliphatic rings. The van der Waals surface area contributed by atoms with Crippen LogP contribution >= 0.6 is 0 Å². The summed E-state index contributed by atoms with van der Waals surface area (Å²) < 4.78 is 5.76.